The molecule has 2 aromatic carbocycles. The van der Waals surface area contributed by atoms with E-state index in [2.05, 4.69) is 12.2 Å². The summed E-state index contributed by atoms with van der Waals surface area (Å²) >= 11 is 12.4. The Hall–Kier alpha value is -2.24. The molecule has 1 unspecified atom stereocenters. The molecule has 0 saturated heterocycles. The zero-order valence-corrected chi connectivity index (χ0v) is 18.2. The van der Waals surface area contributed by atoms with E-state index in [0.717, 1.165) is 18.4 Å². The van der Waals surface area contributed by atoms with Gasteiger partial charge in [0.15, 0.2) is 6.61 Å². The minimum atomic E-state index is -0.675. The lowest BCUT2D eigenvalue weighted by Crippen LogP contribution is -2.49. The molecule has 7 heteroatoms. The third-order valence-corrected chi connectivity index (χ3v) is 5.16. The van der Waals surface area contributed by atoms with E-state index in [-0.39, 0.29) is 25.0 Å². The molecular weight excluding hydrogens is 411 g/mol. The molecule has 5 nitrogen and oxygen atoms in total. The fourth-order valence-corrected chi connectivity index (χ4v) is 3.10. The highest BCUT2D eigenvalue weighted by molar-refractivity contribution is 6.32. The van der Waals surface area contributed by atoms with Crippen LogP contribution in [0.3, 0.4) is 0 Å². The third kappa shape index (κ3) is 6.94. The smallest absolute Gasteiger partial charge is 0.261 e. The van der Waals surface area contributed by atoms with Gasteiger partial charge < -0.3 is 15.0 Å². The second kappa shape index (κ2) is 11.7. The fraction of sp³-hybridized carbons (Fsp3) is 0.364. The standard InChI is InChI=1S/C22H26Cl2N2O3/c1-3-4-13-25-22(28)16(2)26(14-17-9-5-6-10-18(17)23)21(27)15-29-20-12-8-7-11-19(20)24/h5-12,16H,3-4,13-15H2,1-2H3,(H,25,28). The van der Waals surface area contributed by atoms with Crippen LogP contribution in [-0.2, 0) is 16.1 Å². The van der Waals surface area contributed by atoms with E-state index in [0.29, 0.717) is 22.3 Å². The van der Waals surface area contributed by atoms with Crippen molar-refractivity contribution in [2.45, 2.75) is 39.3 Å². The van der Waals surface area contributed by atoms with Gasteiger partial charge in [0.05, 0.1) is 5.02 Å². The van der Waals surface area contributed by atoms with Crippen molar-refractivity contribution in [3.63, 3.8) is 0 Å². The van der Waals surface area contributed by atoms with Crippen molar-refractivity contribution >= 4 is 35.0 Å². The molecule has 156 valence electrons. The molecule has 0 bridgehead atoms. The molecule has 29 heavy (non-hydrogen) atoms. The highest BCUT2D eigenvalue weighted by Crippen LogP contribution is 2.23. The summed E-state index contributed by atoms with van der Waals surface area (Å²) in [6.07, 6.45) is 1.86. The number of unbranched alkanes of at least 4 members (excludes halogenated alkanes) is 1. The van der Waals surface area contributed by atoms with Crippen LogP contribution in [0.2, 0.25) is 10.0 Å². The van der Waals surface area contributed by atoms with Gasteiger partial charge in [-0.05, 0) is 37.1 Å². The first-order valence-corrected chi connectivity index (χ1v) is 10.4. The zero-order valence-electron chi connectivity index (χ0n) is 16.7. The van der Waals surface area contributed by atoms with Gasteiger partial charge in [0.1, 0.15) is 11.8 Å². The van der Waals surface area contributed by atoms with Gasteiger partial charge in [0, 0.05) is 18.1 Å². The lowest BCUT2D eigenvalue weighted by Gasteiger charge is -2.29. The van der Waals surface area contributed by atoms with Crippen molar-refractivity contribution in [3.05, 3.63) is 64.1 Å². The molecule has 0 fully saturated rings. The van der Waals surface area contributed by atoms with Crippen LogP contribution in [0.1, 0.15) is 32.3 Å². The van der Waals surface area contributed by atoms with Gasteiger partial charge in [-0.1, -0.05) is 66.9 Å². The third-order valence-electron chi connectivity index (χ3n) is 4.48. The van der Waals surface area contributed by atoms with Crippen LogP contribution in [0.25, 0.3) is 0 Å². The van der Waals surface area contributed by atoms with Gasteiger partial charge in [0.25, 0.3) is 5.91 Å². The summed E-state index contributed by atoms with van der Waals surface area (Å²) in [5.41, 5.74) is 0.758. The largest absolute Gasteiger partial charge is 0.482 e. The maximum atomic E-state index is 13.0. The molecule has 0 spiro atoms. The van der Waals surface area contributed by atoms with Gasteiger partial charge in [-0.2, -0.15) is 0 Å². The number of nitrogens with one attached hydrogen (secondary N) is 1. The van der Waals surface area contributed by atoms with Gasteiger partial charge >= 0.3 is 0 Å². The Labute approximate surface area is 181 Å². The number of hydrogen-bond donors (Lipinski definition) is 1. The van der Waals surface area contributed by atoms with E-state index in [1.807, 2.05) is 18.2 Å². The molecule has 0 heterocycles. The number of carbonyl (C=O) groups is 2. The number of nitrogens with zero attached hydrogens (tertiary/aromatic N) is 1. The van der Waals surface area contributed by atoms with Crippen LogP contribution in [-0.4, -0.2) is 35.9 Å². The van der Waals surface area contributed by atoms with E-state index in [4.69, 9.17) is 27.9 Å². The minimum absolute atomic E-state index is 0.201. The molecule has 2 rings (SSSR count). The number of ether oxygens (including phenoxy) is 1. The second-order valence-electron chi connectivity index (χ2n) is 6.65. The molecular formula is C22H26Cl2N2O3. The van der Waals surface area contributed by atoms with E-state index in [9.17, 15) is 9.59 Å². The van der Waals surface area contributed by atoms with Crippen LogP contribution >= 0.6 is 23.2 Å². The molecule has 0 aliphatic carbocycles. The Morgan fingerprint density at radius 2 is 1.72 bits per heavy atom. The van der Waals surface area contributed by atoms with Crippen molar-refractivity contribution in [3.8, 4) is 5.75 Å². The van der Waals surface area contributed by atoms with Crippen LogP contribution in [0.4, 0.5) is 0 Å². The summed E-state index contributed by atoms with van der Waals surface area (Å²) < 4.78 is 5.59. The van der Waals surface area contributed by atoms with Crippen molar-refractivity contribution < 1.29 is 14.3 Å². The zero-order chi connectivity index (χ0) is 21.2. The number of rotatable bonds is 10. The van der Waals surface area contributed by atoms with E-state index in [1.165, 1.54) is 4.90 Å². The second-order valence-corrected chi connectivity index (χ2v) is 7.47. The molecule has 0 saturated carbocycles. The van der Waals surface area contributed by atoms with E-state index in [1.54, 1.807) is 37.3 Å². The quantitative estimate of drug-likeness (QED) is 0.548. The highest BCUT2D eigenvalue weighted by Gasteiger charge is 2.27. The minimum Gasteiger partial charge on any atom is -0.482 e. The summed E-state index contributed by atoms with van der Waals surface area (Å²) in [5.74, 6) is -0.125. The van der Waals surface area contributed by atoms with Gasteiger partial charge in [-0.15, -0.1) is 0 Å². The molecule has 0 aliphatic heterocycles. The SMILES string of the molecule is CCCCNC(=O)C(C)N(Cc1ccccc1Cl)C(=O)COc1ccccc1Cl. The van der Waals surface area contributed by atoms with Crippen molar-refractivity contribution in [2.75, 3.05) is 13.2 Å². The van der Waals surface area contributed by atoms with Gasteiger partial charge in [0.2, 0.25) is 5.91 Å². The monoisotopic (exact) mass is 436 g/mol. The summed E-state index contributed by atoms with van der Waals surface area (Å²) in [6.45, 7) is 4.29. The first-order valence-electron chi connectivity index (χ1n) is 9.62. The van der Waals surface area contributed by atoms with Crippen molar-refractivity contribution in [2.24, 2.45) is 0 Å². The Morgan fingerprint density at radius 3 is 2.38 bits per heavy atom. The van der Waals surface area contributed by atoms with Crippen molar-refractivity contribution in [1.29, 1.82) is 0 Å². The van der Waals surface area contributed by atoms with Crippen molar-refractivity contribution in [1.82, 2.24) is 10.2 Å². The van der Waals surface area contributed by atoms with Crippen LogP contribution in [0.15, 0.2) is 48.5 Å². The Bertz CT molecular complexity index is 829. The maximum absolute atomic E-state index is 13.0. The number of hydrogen-bond acceptors (Lipinski definition) is 3. The average molecular weight is 437 g/mol. The number of benzene rings is 2. The Kier molecular flexibility index (Phi) is 9.29. The van der Waals surface area contributed by atoms with E-state index >= 15 is 0 Å². The van der Waals surface area contributed by atoms with Gasteiger partial charge in [-0.3, -0.25) is 9.59 Å². The summed E-state index contributed by atoms with van der Waals surface area (Å²) in [4.78, 5) is 27.0. The molecule has 0 radical (unpaired) electrons. The van der Waals surface area contributed by atoms with Crippen LogP contribution in [0.5, 0.6) is 5.75 Å². The van der Waals surface area contributed by atoms with Crippen LogP contribution < -0.4 is 10.1 Å². The number of halogens is 2. The molecule has 1 atom stereocenters. The predicted molar refractivity (Wildman–Crippen MR) is 116 cm³/mol. The average Bonchev–Trinajstić information content (AvgIpc) is 2.72. The summed E-state index contributed by atoms with van der Waals surface area (Å²) in [5, 5.41) is 3.83. The molecule has 1 N–H and O–H groups in total. The number of para-hydroxylation sites is 1. The lowest BCUT2D eigenvalue weighted by molar-refractivity contribution is -0.142. The normalized spacial score (nSPS) is 11.6. The first kappa shape index (κ1) is 23.0. The lowest BCUT2D eigenvalue weighted by atomic mass is 10.1. The summed E-state index contributed by atoms with van der Waals surface area (Å²) in [6, 6.07) is 13.5. The molecule has 0 aromatic heterocycles. The highest BCUT2D eigenvalue weighted by atomic mass is 35.5. The summed E-state index contributed by atoms with van der Waals surface area (Å²) in [7, 11) is 0. The fourth-order valence-electron chi connectivity index (χ4n) is 2.71. The van der Waals surface area contributed by atoms with Gasteiger partial charge in [-0.25, -0.2) is 0 Å². The topological polar surface area (TPSA) is 58.6 Å². The molecule has 2 aromatic rings. The number of amides is 2. The number of carbonyl (C=O) groups excluding carboxylic acids is 2. The first-order chi connectivity index (χ1) is 13.9. The van der Waals surface area contributed by atoms with Crippen LogP contribution in [0, 0.1) is 0 Å². The van der Waals surface area contributed by atoms with E-state index < -0.39 is 6.04 Å². The molecule has 0 aliphatic rings. The maximum Gasteiger partial charge on any atom is 0.261 e. The molecule has 2 amide bonds. The Balaban J connectivity index is 2.14. The Morgan fingerprint density at radius 1 is 1.07 bits per heavy atom. The predicted octanol–water partition coefficient (Wildman–Crippen LogP) is 4.71.